The minimum Gasteiger partial charge on any atom is -0.406 e. The molecule has 0 N–H and O–H groups in total. The fourth-order valence-corrected chi connectivity index (χ4v) is 1.21. The Kier molecular flexibility index (Phi) is 2.86. The van der Waals surface area contributed by atoms with Crippen molar-refractivity contribution in [2.24, 2.45) is 0 Å². The number of aryl methyl sites for hydroxylation is 1. The lowest BCUT2D eigenvalue weighted by molar-refractivity contribution is 0.519. The second-order valence-electron chi connectivity index (χ2n) is 2.12. The van der Waals surface area contributed by atoms with Gasteiger partial charge in [-0.15, -0.1) is 0 Å². The molecule has 0 aromatic heterocycles. The molecular weight excluding hydrogens is 183 g/mol. The van der Waals surface area contributed by atoms with Crippen molar-refractivity contribution in [3.8, 4) is 5.75 Å². The van der Waals surface area contributed by atoms with Crippen molar-refractivity contribution in [3.63, 3.8) is 0 Å². The van der Waals surface area contributed by atoms with Crippen LogP contribution in [0.4, 0.5) is 0 Å². The average molecular weight is 190 g/mol. The van der Waals surface area contributed by atoms with E-state index in [-0.39, 0.29) is 0 Å². The lowest BCUT2D eigenvalue weighted by atomic mass is 10.2. The SMILES string of the molecule is Cc1ccc(O[P](=O)Cl)cc1. The molecule has 1 atom stereocenters. The molecule has 11 heavy (non-hydrogen) atoms. The molecule has 2 nitrogen and oxygen atoms in total. The van der Waals surface area contributed by atoms with Crippen LogP contribution in [0.3, 0.4) is 0 Å². The number of rotatable bonds is 2. The van der Waals surface area contributed by atoms with Gasteiger partial charge < -0.3 is 4.52 Å². The molecule has 0 bridgehead atoms. The van der Waals surface area contributed by atoms with Gasteiger partial charge in [-0.3, -0.25) is 0 Å². The maximum atomic E-state index is 10.4. The molecule has 0 saturated heterocycles. The van der Waals surface area contributed by atoms with Gasteiger partial charge in [0, 0.05) is 11.2 Å². The summed E-state index contributed by atoms with van der Waals surface area (Å²) in [6, 6.07) is 7.19. The Morgan fingerprint density at radius 3 is 2.36 bits per heavy atom. The van der Waals surface area contributed by atoms with Crippen molar-refractivity contribution in [1.82, 2.24) is 0 Å². The maximum absolute atomic E-state index is 10.4. The zero-order valence-electron chi connectivity index (χ0n) is 5.95. The first-order valence-corrected chi connectivity index (χ1v) is 5.14. The standard InChI is InChI=1S/C7H7ClO2P/c1-6-2-4-7(5-3-6)10-11(8)9/h2-5H,1H3. The third-order valence-electron chi connectivity index (χ3n) is 1.20. The monoisotopic (exact) mass is 189 g/mol. The lowest BCUT2D eigenvalue weighted by Crippen LogP contribution is -1.76. The first-order chi connectivity index (χ1) is 5.18. The van der Waals surface area contributed by atoms with Gasteiger partial charge in [-0.2, -0.15) is 0 Å². The van der Waals surface area contributed by atoms with Crippen molar-refractivity contribution < 1.29 is 9.09 Å². The largest absolute Gasteiger partial charge is 0.406 e. The second-order valence-corrected chi connectivity index (χ2v) is 3.55. The van der Waals surface area contributed by atoms with Crippen molar-refractivity contribution in [3.05, 3.63) is 29.8 Å². The van der Waals surface area contributed by atoms with Crippen LogP contribution in [0.5, 0.6) is 5.75 Å². The van der Waals surface area contributed by atoms with Crippen LogP contribution in [0.2, 0.25) is 0 Å². The molecule has 0 aliphatic carbocycles. The van der Waals surface area contributed by atoms with E-state index < -0.39 is 7.38 Å². The van der Waals surface area contributed by atoms with Gasteiger partial charge in [-0.1, -0.05) is 17.7 Å². The Hall–Kier alpha value is -0.590. The van der Waals surface area contributed by atoms with Crippen LogP contribution in [-0.2, 0) is 4.57 Å². The second kappa shape index (κ2) is 3.70. The van der Waals surface area contributed by atoms with Crippen LogP contribution in [0.1, 0.15) is 5.56 Å². The van der Waals surface area contributed by atoms with Gasteiger partial charge >= 0.3 is 7.38 Å². The molecule has 0 fully saturated rings. The van der Waals surface area contributed by atoms with Crippen LogP contribution < -0.4 is 4.52 Å². The van der Waals surface area contributed by atoms with Crippen molar-refractivity contribution in [2.75, 3.05) is 0 Å². The van der Waals surface area contributed by atoms with E-state index in [1.54, 1.807) is 12.1 Å². The fourth-order valence-electron chi connectivity index (χ4n) is 0.682. The summed E-state index contributed by atoms with van der Waals surface area (Å²) in [5.74, 6) is 0.534. The highest BCUT2D eigenvalue weighted by Crippen LogP contribution is 2.30. The Balaban J connectivity index is 2.74. The van der Waals surface area contributed by atoms with Crippen molar-refractivity contribution in [2.45, 2.75) is 6.92 Å². The molecule has 0 aliphatic rings. The normalized spacial score (nSPS) is 10.9. The van der Waals surface area contributed by atoms with E-state index in [1.807, 2.05) is 19.1 Å². The summed E-state index contributed by atoms with van der Waals surface area (Å²) in [4.78, 5) is 0. The smallest absolute Gasteiger partial charge is 0.372 e. The summed E-state index contributed by atoms with van der Waals surface area (Å²) in [5.41, 5.74) is 1.13. The summed E-state index contributed by atoms with van der Waals surface area (Å²) >= 11 is 5.14. The van der Waals surface area contributed by atoms with E-state index >= 15 is 0 Å². The van der Waals surface area contributed by atoms with E-state index in [0.29, 0.717) is 5.75 Å². The van der Waals surface area contributed by atoms with Gasteiger partial charge in [0.1, 0.15) is 5.75 Å². The van der Waals surface area contributed by atoms with E-state index in [1.165, 1.54) is 0 Å². The number of benzene rings is 1. The number of hydrogen-bond acceptors (Lipinski definition) is 2. The maximum Gasteiger partial charge on any atom is 0.372 e. The van der Waals surface area contributed by atoms with Gasteiger partial charge in [-0.05, 0) is 19.1 Å². The molecule has 0 saturated carbocycles. The van der Waals surface area contributed by atoms with Gasteiger partial charge in [0.05, 0.1) is 0 Å². The van der Waals surface area contributed by atoms with Gasteiger partial charge in [0.2, 0.25) is 0 Å². The molecule has 1 radical (unpaired) electrons. The van der Waals surface area contributed by atoms with Gasteiger partial charge in [0.15, 0.2) is 0 Å². The predicted octanol–water partition coefficient (Wildman–Crippen LogP) is 3.27. The van der Waals surface area contributed by atoms with E-state index in [0.717, 1.165) is 5.56 Å². The average Bonchev–Trinajstić information content (AvgIpc) is 1.93. The van der Waals surface area contributed by atoms with Gasteiger partial charge in [-0.25, -0.2) is 4.57 Å². The van der Waals surface area contributed by atoms with Crippen LogP contribution >= 0.6 is 18.6 Å². The fraction of sp³-hybridized carbons (Fsp3) is 0.143. The Morgan fingerprint density at radius 2 is 1.91 bits per heavy atom. The van der Waals surface area contributed by atoms with Gasteiger partial charge in [0.25, 0.3) is 0 Å². The summed E-state index contributed by atoms with van der Waals surface area (Å²) in [6.45, 7) is 1.96. The zero-order valence-corrected chi connectivity index (χ0v) is 7.60. The first kappa shape index (κ1) is 8.51. The van der Waals surface area contributed by atoms with Crippen LogP contribution in [0, 0.1) is 6.92 Å². The third kappa shape index (κ3) is 2.87. The zero-order chi connectivity index (χ0) is 8.27. The summed E-state index contributed by atoms with van der Waals surface area (Å²) < 4.78 is 15.1. The highest BCUT2D eigenvalue weighted by molar-refractivity contribution is 7.70. The summed E-state index contributed by atoms with van der Waals surface area (Å²) in [7, 11) is -2.06. The Bertz CT molecular complexity index is 258. The number of hydrogen-bond donors (Lipinski definition) is 0. The quantitative estimate of drug-likeness (QED) is 0.668. The summed E-state index contributed by atoms with van der Waals surface area (Å²) in [5, 5.41) is 0. The molecule has 0 aliphatic heterocycles. The van der Waals surface area contributed by atoms with Crippen molar-refractivity contribution >= 4 is 18.6 Å². The van der Waals surface area contributed by atoms with E-state index in [4.69, 9.17) is 15.8 Å². The predicted molar refractivity (Wildman–Crippen MR) is 45.3 cm³/mol. The van der Waals surface area contributed by atoms with E-state index in [2.05, 4.69) is 0 Å². The van der Waals surface area contributed by atoms with Crippen LogP contribution in [0.25, 0.3) is 0 Å². The number of halogens is 1. The third-order valence-corrected chi connectivity index (χ3v) is 1.76. The Morgan fingerprint density at radius 1 is 1.36 bits per heavy atom. The molecule has 1 unspecified atom stereocenters. The van der Waals surface area contributed by atoms with Crippen LogP contribution in [0.15, 0.2) is 24.3 Å². The Labute approximate surface area is 70.8 Å². The highest BCUT2D eigenvalue weighted by Gasteiger charge is 1.96. The van der Waals surface area contributed by atoms with E-state index in [9.17, 15) is 4.57 Å². The summed E-state index contributed by atoms with van der Waals surface area (Å²) in [6.07, 6.45) is 0. The molecule has 0 spiro atoms. The highest BCUT2D eigenvalue weighted by atomic mass is 35.7. The topological polar surface area (TPSA) is 26.3 Å². The molecule has 0 amide bonds. The molecule has 0 heterocycles. The molecule has 1 aromatic carbocycles. The minimum absolute atomic E-state index is 0.534. The van der Waals surface area contributed by atoms with Crippen molar-refractivity contribution in [1.29, 1.82) is 0 Å². The lowest BCUT2D eigenvalue weighted by Gasteiger charge is -1.98. The minimum atomic E-state index is -2.06. The molecule has 4 heteroatoms. The van der Waals surface area contributed by atoms with Crippen LogP contribution in [-0.4, -0.2) is 0 Å². The molecular formula is C7H7ClO2P. The first-order valence-electron chi connectivity index (χ1n) is 3.06. The molecule has 1 aromatic rings. The molecule has 1 rings (SSSR count). The molecule has 59 valence electrons.